The van der Waals surface area contributed by atoms with Crippen LogP contribution in [0.3, 0.4) is 0 Å². The van der Waals surface area contributed by atoms with Gasteiger partial charge in [0, 0.05) is 18.0 Å². The number of carbonyl (C=O) groups excluding carboxylic acids is 1. The molecule has 1 N–H and O–H groups in total. The summed E-state index contributed by atoms with van der Waals surface area (Å²) in [7, 11) is 0. The van der Waals surface area contributed by atoms with E-state index in [1.54, 1.807) is 10.6 Å². The molecule has 0 radical (unpaired) electrons. The maximum atomic E-state index is 13.1. The number of aromatic hydroxyl groups is 1. The maximum Gasteiger partial charge on any atom is 0.302 e. The zero-order chi connectivity index (χ0) is 17.8. The van der Waals surface area contributed by atoms with Crippen molar-refractivity contribution in [1.29, 1.82) is 0 Å². The number of para-hydroxylation sites is 1. The molecule has 7 heteroatoms. The SMILES string of the molecule is CCn1c(O)c(N=NC(=O)COc2cccc(F)c2)c2ccccc21. The number of halogens is 1. The highest BCUT2D eigenvalue weighted by molar-refractivity contribution is 5.95. The third kappa shape index (κ3) is 3.50. The van der Waals surface area contributed by atoms with Crippen LogP contribution in [0.1, 0.15) is 6.92 Å². The molecule has 0 aliphatic carbocycles. The lowest BCUT2D eigenvalue weighted by atomic mass is 10.2. The second kappa shape index (κ2) is 7.12. The van der Waals surface area contributed by atoms with Crippen LogP contribution in [0.25, 0.3) is 10.9 Å². The summed E-state index contributed by atoms with van der Waals surface area (Å²) in [6.07, 6.45) is 0. The first-order chi connectivity index (χ1) is 12.1. The third-order valence-electron chi connectivity index (χ3n) is 3.65. The summed E-state index contributed by atoms with van der Waals surface area (Å²) < 4.78 is 19.9. The van der Waals surface area contributed by atoms with Gasteiger partial charge in [0.1, 0.15) is 11.6 Å². The number of aromatic nitrogens is 1. The van der Waals surface area contributed by atoms with E-state index in [1.165, 1.54) is 24.3 Å². The molecule has 1 amide bonds. The molecule has 25 heavy (non-hydrogen) atoms. The average molecular weight is 341 g/mol. The van der Waals surface area contributed by atoms with Crippen LogP contribution in [0.15, 0.2) is 58.8 Å². The molecule has 1 heterocycles. The van der Waals surface area contributed by atoms with Gasteiger partial charge in [0.2, 0.25) is 5.88 Å². The first kappa shape index (κ1) is 16.6. The Morgan fingerprint density at radius 2 is 2.04 bits per heavy atom. The molecule has 2 aromatic carbocycles. The highest BCUT2D eigenvalue weighted by atomic mass is 19.1. The maximum absolute atomic E-state index is 13.1. The average Bonchev–Trinajstić information content (AvgIpc) is 2.89. The van der Waals surface area contributed by atoms with Gasteiger partial charge in [0.25, 0.3) is 0 Å². The fraction of sp³-hybridized carbons (Fsp3) is 0.167. The zero-order valence-corrected chi connectivity index (χ0v) is 13.5. The van der Waals surface area contributed by atoms with Crippen molar-refractivity contribution in [3.63, 3.8) is 0 Å². The number of nitrogens with zero attached hydrogens (tertiary/aromatic N) is 3. The van der Waals surface area contributed by atoms with Crippen LogP contribution in [-0.2, 0) is 11.3 Å². The van der Waals surface area contributed by atoms with Gasteiger partial charge >= 0.3 is 5.91 Å². The van der Waals surface area contributed by atoms with Crippen molar-refractivity contribution in [2.75, 3.05) is 6.61 Å². The molecular formula is C18H16FN3O3. The standard InChI is InChI=1S/C18H16FN3O3/c1-2-22-15-9-4-3-8-14(15)17(18(22)24)21-20-16(23)11-25-13-7-5-6-12(19)10-13/h3-10,24H,2,11H2,1H3. The monoisotopic (exact) mass is 341 g/mol. The summed E-state index contributed by atoms with van der Waals surface area (Å²) in [6.45, 7) is 2.07. The third-order valence-corrected chi connectivity index (χ3v) is 3.65. The number of aryl methyl sites for hydroxylation is 1. The number of rotatable bonds is 5. The fourth-order valence-corrected chi connectivity index (χ4v) is 2.53. The minimum absolute atomic E-state index is 0.0497. The Kier molecular flexibility index (Phi) is 4.74. The number of hydrogen-bond donors (Lipinski definition) is 1. The second-order valence-corrected chi connectivity index (χ2v) is 5.27. The van der Waals surface area contributed by atoms with Crippen LogP contribution in [0.4, 0.5) is 10.1 Å². The molecule has 3 rings (SSSR count). The fourth-order valence-electron chi connectivity index (χ4n) is 2.53. The number of amides is 1. The molecule has 0 saturated heterocycles. The van der Waals surface area contributed by atoms with Gasteiger partial charge in [-0.15, -0.1) is 10.2 Å². The number of ether oxygens (including phenoxy) is 1. The number of carbonyl (C=O) groups is 1. The number of azo groups is 1. The zero-order valence-electron chi connectivity index (χ0n) is 13.5. The molecule has 0 fully saturated rings. The van der Waals surface area contributed by atoms with Crippen molar-refractivity contribution in [2.45, 2.75) is 13.5 Å². The van der Waals surface area contributed by atoms with E-state index in [1.807, 2.05) is 25.1 Å². The lowest BCUT2D eigenvalue weighted by molar-refractivity contribution is -0.120. The minimum atomic E-state index is -0.642. The predicted molar refractivity (Wildman–Crippen MR) is 90.7 cm³/mol. The summed E-state index contributed by atoms with van der Waals surface area (Å²) in [5.41, 5.74) is 1.04. The quantitative estimate of drug-likeness (QED) is 0.707. The highest BCUT2D eigenvalue weighted by Crippen LogP contribution is 2.38. The lowest BCUT2D eigenvalue weighted by Gasteiger charge is -2.02. The van der Waals surface area contributed by atoms with Crippen LogP contribution in [0.5, 0.6) is 11.6 Å². The molecule has 128 valence electrons. The molecular weight excluding hydrogens is 325 g/mol. The molecule has 0 unspecified atom stereocenters. The van der Waals surface area contributed by atoms with E-state index in [4.69, 9.17) is 4.74 Å². The van der Waals surface area contributed by atoms with Crippen LogP contribution in [-0.4, -0.2) is 22.2 Å². The largest absolute Gasteiger partial charge is 0.493 e. The molecule has 0 atom stereocenters. The first-order valence-corrected chi connectivity index (χ1v) is 7.73. The van der Waals surface area contributed by atoms with Gasteiger partial charge < -0.3 is 14.4 Å². The van der Waals surface area contributed by atoms with Crippen molar-refractivity contribution < 1.29 is 19.0 Å². The van der Waals surface area contributed by atoms with Gasteiger partial charge in [-0.3, -0.25) is 4.79 Å². The van der Waals surface area contributed by atoms with E-state index in [-0.39, 0.29) is 23.9 Å². The van der Waals surface area contributed by atoms with E-state index in [0.717, 1.165) is 5.52 Å². The Morgan fingerprint density at radius 3 is 2.80 bits per heavy atom. The van der Waals surface area contributed by atoms with Gasteiger partial charge in [-0.1, -0.05) is 24.3 Å². The van der Waals surface area contributed by atoms with Gasteiger partial charge in [0.05, 0.1) is 5.52 Å². The smallest absolute Gasteiger partial charge is 0.302 e. The Hall–Kier alpha value is -3.22. The normalized spacial score (nSPS) is 11.3. The van der Waals surface area contributed by atoms with Gasteiger partial charge in [-0.25, -0.2) is 4.39 Å². The van der Waals surface area contributed by atoms with Gasteiger partial charge in [-0.2, -0.15) is 0 Å². The summed E-state index contributed by atoms with van der Waals surface area (Å²) >= 11 is 0. The van der Waals surface area contributed by atoms with E-state index in [0.29, 0.717) is 11.9 Å². The molecule has 3 aromatic rings. The van der Waals surface area contributed by atoms with E-state index < -0.39 is 11.7 Å². The van der Waals surface area contributed by atoms with Crippen LogP contribution in [0, 0.1) is 5.82 Å². The van der Waals surface area contributed by atoms with Crippen LogP contribution >= 0.6 is 0 Å². The Morgan fingerprint density at radius 1 is 1.24 bits per heavy atom. The topological polar surface area (TPSA) is 76.2 Å². The van der Waals surface area contributed by atoms with Crippen molar-refractivity contribution in [1.82, 2.24) is 4.57 Å². The number of hydrogen-bond acceptors (Lipinski definition) is 4. The summed E-state index contributed by atoms with van der Waals surface area (Å²) in [4.78, 5) is 11.8. The second-order valence-electron chi connectivity index (χ2n) is 5.27. The van der Waals surface area contributed by atoms with Crippen molar-refractivity contribution >= 4 is 22.5 Å². The van der Waals surface area contributed by atoms with Crippen LogP contribution < -0.4 is 4.74 Å². The van der Waals surface area contributed by atoms with E-state index in [2.05, 4.69) is 10.2 Å². The van der Waals surface area contributed by atoms with Crippen molar-refractivity contribution in [3.05, 3.63) is 54.3 Å². The van der Waals surface area contributed by atoms with Gasteiger partial charge in [-0.05, 0) is 25.1 Å². The highest BCUT2D eigenvalue weighted by Gasteiger charge is 2.15. The van der Waals surface area contributed by atoms with E-state index >= 15 is 0 Å². The summed E-state index contributed by atoms with van der Waals surface area (Å²) in [5.74, 6) is -0.916. The summed E-state index contributed by atoms with van der Waals surface area (Å²) in [5, 5.41) is 18.5. The Balaban J connectivity index is 1.76. The lowest BCUT2D eigenvalue weighted by Crippen LogP contribution is -2.07. The van der Waals surface area contributed by atoms with Gasteiger partial charge in [0.15, 0.2) is 12.3 Å². The Bertz CT molecular complexity index is 950. The molecule has 0 spiro atoms. The first-order valence-electron chi connectivity index (χ1n) is 7.73. The van der Waals surface area contributed by atoms with Crippen LogP contribution in [0.2, 0.25) is 0 Å². The molecule has 1 aromatic heterocycles. The number of fused-ring (bicyclic) bond motifs is 1. The van der Waals surface area contributed by atoms with E-state index in [9.17, 15) is 14.3 Å². The molecule has 0 saturated carbocycles. The van der Waals surface area contributed by atoms with Crippen molar-refractivity contribution in [3.8, 4) is 11.6 Å². The number of benzene rings is 2. The summed E-state index contributed by atoms with van der Waals surface area (Å²) in [6, 6.07) is 12.8. The molecule has 6 nitrogen and oxygen atoms in total. The predicted octanol–water partition coefficient (Wildman–Crippen LogP) is 4.20. The minimum Gasteiger partial charge on any atom is -0.493 e. The molecule has 0 aliphatic rings. The molecule has 0 aliphatic heterocycles. The molecule has 0 bridgehead atoms. The van der Waals surface area contributed by atoms with Crippen molar-refractivity contribution in [2.24, 2.45) is 10.2 Å². The Labute approximate surface area is 143 Å².